The average Bonchev–Trinajstić information content (AvgIpc) is 2.00. The van der Waals surface area contributed by atoms with Gasteiger partial charge in [0.15, 0.2) is 0 Å². The highest BCUT2D eigenvalue weighted by Crippen LogP contribution is 2.06. The van der Waals surface area contributed by atoms with Gasteiger partial charge in [-0.05, 0) is 40.2 Å². The van der Waals surface area contributed by atoms with Crippen LogP contribution in [0.25, 0.3) is 0 Å². The van der Waals surface area contributed by atoms with E-state index in [2.05, 4.69) is 51.8 Å². The van der Waals surface area contributed by atoms with E-state index in [1.807, 2.05) is 0 Å². The van der Waals surface area contributed by atoms with E-state index in [-0.39, 0.29) is 0 Å². The van der Waals surface area contributed by atoms with E-state index < -0.39 is 0 Å². The zero-order valence-corrected chi connectivity index (χ0v) is 9.17. The van der Waals surface area contributed by atoms with Crippen LogP contribution in [0, 0.1) is 5.92 Å². The zero-order chi connectivity index (χ0) is 9.56. The Kier molecular flexibility index (Phi) is 6.09. The highest BCUT2D eigenvalue weighted by molar-refractivity contribution is 4.80. The van der Waals surface area contributed by atoms with Crippen LogP contribution in [0.3, 0.4) is 0 Å². The third-order valence-corrected chi connectivity index (χ3v) is 2.26. The maximum atomic E-state index is 2.40. The quantitative estimate of drug-likeness (QED) is 0.572. The summed E-state index contributed by atoms with van der Waals surface area (Å²) in [4.78, 5) is 2.40. The third-order valence-electron chi connectivity index (χ3n) is 2.26. The maximum absolute atomic E-state index is 2.40. The lowest BCUT2D eigenvalue weighted by molar-refractivity contribution is 0.238. The molecule has 0 bridgehead atoms. The highest BCUT2D eigenvalue weighted by Gasteiger charge is 2.06. The van der Waals surface area contributed by atoms with E-state index in [0.29, 0.717) is 6.04 Å². The molecule has 0 amide bonds. The molecule has 0 aliphatic carbocycles. The largest absolute Gasteiger partial charge is 0.304 e. The maximum Gasteiger partial charge on any atom is 0.00356 e. The Bertz CT molecular complexity index is 127. The molecule has 1 atom stereocenters. The molecule has 1 heteroatoms. The van der Waals surface area contributed by atoms with Crippen molar-refractivity contribution in [3.05, 3.63) is 12.2 Å². The van der Waals surface area contributed by atoms with Crippen LogP contribution in [0.1, 0.15) is 34.1 Å². The van der Waals surface area contributed by atoms with Crippen molar-refractivity contribution in [2.75, 3.05) is 13.6 Å². The molecule has 0 aromatic heterocycles. The van der Waals surface area contributed by atoms with Gasteiger partial charge >= 0.3 is 0 Å². The summed E-state index contributed by atoms with van der Waals surface area (Å²) < 4.78 is 0. The fourth-order valence-corrected chi connectivity index (χ4v) is 1.15. The highest BCUT2D eigenvalue weighted by atomic mass is 15.1. The number of hydrogen-bond acceptors (Lipinski definition) is 1. The summed E-state index contributed by atoms with van der Waals surface area (Å²) in [5, 5.41) is 0. The minimum Gasteiger partial charge on any atom is -0.304 e. The number of nitrogens with zero attached hydrogens (tertiary/aromatic N) is 1. The minimum atomic E-state index is 0.665. The van der Waals surface area contributed by atoms with Gasteiger partial charge in [0.1, 0.15) is 0 Å². The Balaban J connectivity index is 3.60. The summed E-state index contributed by atoms with van der Waals surface area (Å²) in [6.07, 6.45) is 5.58. The van der Waals surface area contributed by atoms with E-state index in [0.717, 1.165) is 5.92 Å². The van der Waals surface area contributed by atoms with Gasteiger partial charge in [0.05, 0.1) is 0 Å². The predicted octanol–water partition coefficient (Wildman–Crippen LogP) is 2.93. The van der Waals surface area contributed by atoms with Crippen LogP contribution in [-0.2, 0) is 0 Å². The normalized spacial score (nSPS) is 14.9. The van der Waals surface area contributed by atoms with E-state index in [4.69, 9.17) is 0 Å². The molecule has 0 aliphatic heterocycles. The first-order valence-corrected chi connectivity index (χ1v) is 4.89. The third kappa shape index (κ3) is 5.36. The summed E-state index contributed by atoms with van der Waals surface area (Å²) in [6.45, 7) is 10.1. The molecule has 0 fully saturated rings. The molecule has 0 radical (unpaired) electrons. The van der Waals surface area contributed by atoms with Crippen molar-refractivity contribution >= 4 is 0 Å². The first-order valence-electron chi connectivity index (χ1n) is 4.89. The molecular weight excluding hydrogens is 146 g/mol. The fourth-order valence-electron chi connectivity index (χ4n) is 1.15. The Morgan fingerprint density at radius 2 is 1.83 bits per heavy atom. The van der Waals surface area contributed by atoms with Gasteiger partial charge in [0.2, 0.25) is 0 Å². The van der Waals surface area contributed by atoms with Crippen molar-refractivity contribution in [2.45, 2.75) is 40.2 Å². The first-order chi connectivity index (χ1) is 5.57. The van der Waals surface area contributed by atoms with Crippen LogP contribution < -0.4 is 0 Å². The molecule has 0 aliphatic rings. The fraction of sp³-hybridized carbons (Fsp3) is 0.818. The lowest BCUT2D eigenvalue weighted by Gasteiger charge is -2.24. The molecule has 1 unspecified atom stereocenters. The molecule has 72 valence electrons. The van der Waals surface area contributed by atoms with Gasteiger partial charge < -0.3 is 4.90 Å². The topological polar surface area (TPSA) is 3.24 Å². The molecule has 1 nitrogen and oxygen atoms in total. The minimum absolute atomic E-state index is 0.665. The van der Waals surface area contributed by atoms with Crippen LogP contribution in [0.2, 0.25) is 0 Å². The monoisotopic (exact) mass is 169 g/mol. The Hall–Kier alpha value is -0.300. The summed E-state index contributed by atoms with van der Waals surface area (Å²) in [5.41, 5.74) is 0. The Morgan fingerprint density at radius 3 is 2.25 bits per heavy atom. The van der Waals surface area contributed by atoms with Gasteiger partial charge in [0.25, 0.3) is 0 Å². The van der Waals surface area contributed by atoms with Crippen LogP contribution in [-0.4, -0.2) is 24.5 Å². The molecule has 0 aromatic carbocycles. The number of rotatable bonds is 5. The average molecular weight is 169 g/mol. The smallest absolute Gasteiger partial charge is 0.00356 e. The van der Waals surface area contributed by atoms with Gasteiger partial charge in [-0.2, -0.15) is 0 Å². The Labute approximate surface area is 77.5 Å². The zero-order valence-electron chi connectivity index (χ0n) is 9.17. The van der Waals surface area contributed by atoms with Gasteiger partial charge in [-0.15, -0.1) is 0 Å². The van der Waals surface area contributed by atoms with Crippen molar-refractivity contribution in [1.29, 1.82) is 0 Å². The summed E-state index contributed by atoms with van der Waals surface area (Å²) in [6, 6.07) is 0.665. The molecule has 0 rings (SSSR count). The van der Waals surface area contributed by atoms with Crippen LogP contribution in [0.15, 0.2) is 12.2 Å². The summed E-state index contributed by atoms with van der Waals surface area (Å²) in [5.74, 6) is 0.772. The Morgan fingerprint density at radius 1 is 1.25 bits per heavy atom. The van der Waals surface area contributed by atoms with Crippen LogP contribution >= 0.6 is 0 Å². The summed E-state index contributed by atoms with van der Waals surface area (Å²) in [7, 11) is 2.19. The first kappa shape index (κ1) is 11.7. The standard InChI is InChI=1S/C11H23N/c1-6-7-8-11(4)9-12(5)10(2)3/h6-7,10-11H,8-9H2,1-5H3/b7-6+. The van der Waals surface area contributed by atoms with E-state index in [9.17, 15) is 0 Å². The lowest BCUT2D eigenvalue weighted by Crippen LogP contribution is -2.30. The van der Waals surface area contributed by atoms with Crippen molar-refractivity contribution in [1.82, 2.24) is 4.90 Å². The number of hydrogen-bond donors (Lipinski definition) is 0. The van der Waals surface area contributed by atoms with Crippen molar-refractivity contribution in [3.63, 3.8) is 0 Å². The van der Waals surface area contributed by atoms with E-state index >= 15 is 0 Å². The lowest BCUT2D eigenvalue weighted by atomic mass is 10.1. The van der Waals surface area contributed by atoms with Crippen LogP contribution in [0.4, 0.5) is 0 Å². The molecule has 0 N–H and O–H groups in total. The second-order valence-corrected chi connectivity index (χ2v) is 3.94. The molecule has 0 aromatic rings. The van der Waals surface area contributed by atoms with Gasteiger partial charge in [-0.1, -0.05) is 19.1 Å². The number of allylic oxidation sites excluding steroid dienone is 2. The molecule has 12 heavy (non-hydrogen) atoms. The second-order valence-electron chi connectivity index (χ2n) is 3.94. The van der Waals surface area contributed by atoms with Gasteiger partial charge in [0, 0.05) is 12.6 Å². The van der Waals surface area contributed by atoms with Crippen molar-refractivity contribution in [2.24, 2.45) is 5.92 Å². The molecule has 0 saturated carbocycles. The molecule has 0 spiro atoms. The predicted molar refractivity (Wildman–Crippen MR) is 56.4 cm³/mol. The van der Waals surface area contributed by atoms with Crippen molar-refractivity contribution in [3.8, 4) is 0 Å². The molecule has 0 heterocycles. The van der Waals surface area contributed by atoms with Gasteiger partial charge in [-0.25, -0.2) is 0 Å². The van der Waals surface area contributed by atoms with Crippen molar-refractivity contribution < 1.29 is 0 Å². The van der Waals surface area contributed by atoms with E-state index in [1.165, 1.54) is 13.0 Å². The molecule has 0 saturated heterocycles. The molecular formula is C11H23N. The second kappa shape index (κ2) is 6.24. The van der Waals surface area contributed by atoms with Gasteiger partial charge in [-0.3, -0.25) is 0 Å². The summed E-state index contributed by atoms with van der Waals surface area (Å²) >= 11 is 0. The van der Waals surface area contributed by atoms with E-state index in [1.54, 1.807) is 0 Å². The van der Waals surface area contributed by atoms with Crippen LogP contribution in [0.5, 0.6) is 0 Å². The SMILES string of the molecule is C/C=C/CC(C)CN(C)C(C)C.